The van der Waals surface area contributed by atoms with Gasteiger partial charge in [-0.15, -0.1) is 0 Å². The van der Waals surface area contributed by atoms with Crippen LogP contribution in [0.4, 0.5) is 0 Å². The number of piperidine rings is 1. The molecule has 0 aromatic heterocycles. The first-order valence-electron chi connectivity index (χ1n) is 7.93. The Kier molecular flexibility index (Phi) is 6.21. The van der Waals surface area contributed by atoms with Crippen molar-refractivity contribution in [1.82, 2.24) is 10.2 Å². The second-order valence-electron chi connectivity index (χ2n) is 5.84. The van der Waals surface area contributed by atoms with E-state index < -0.39 is 5.97 Å². The summed E-state index contributed by atoms with van der Waals surface area (Å²) in [5, 5.41) is 12.2. The van der Waals surface area contributed by atoms with Gasteiger partial charge in [0.25, 0.3) is 0 Å². The molecule has 1 aliphatic heterocycles. The van der Waals surface area contributed by atoms with Gasteiger partial charge in [0.1, 0.15) is 0 Å². The maximum absolute atomic E-state index is 10.7. The van der Waals surface area contributed by atoms with Gasteiger partial charge in [-0.3, -0.25) is 9.69 Å². The van der Waals surface area contributed by atoms with E-state index in [0.717, 1.165) is 31.7 Å². The zero-order chi connectivity index (χ0) is 15.1. The Bertz CT molecular complexity index is 439. The molecule has 1 fully saturated rings. The predicted octanol–water partition coefficient (Wildman–Crippen LogP) is 2.28. The summed E-state index contributed by atoms with van der Waals surface area (Å²) in [7, 11) is 0. The average molecular weight is 290 g/mol. The Labute approximate surface area is 127 Å². The summed E-state index contributed by atoms with van der Waals surface area (Å²) in [5.41, 5.74) is 2.14. The van der Waals surface area contributed by atoms with Gasteiger partial charge >= 0.3 is 5.97 Å². The molecule has 0 radical (unpaired) electrons. The Morgan fingerprint density at radius 3 is 2.43 bits per heavy atom. The number of rotatable bonds is 7. The van der Waals surface area contributed by atoms with Crippen molar-refractivity contribution in [2.45, 2.75) is 45.2 Å². The molecule has 0 atom stereocenters. The number of aliphatic carboxylic acids is 1. The van der Waals surface area contributed by atoms with Crippen LogP contribution in [0, 0.1) is 0 Å². The van der Waals surface area contributed by atoms with Gasteiger partial charge in [0, 0.05) is 12.6 Å². The molecule has 0 unspecified atom stereocenters. The largest absolute Gasteiger partial charge is 0.481 e. The molecule has 0 saturated carbocycles. The lowest BCUT2D eigenvalue weighted by Gasteiger charge is -2.34. The summed E-state index contributed by atoms with van der Waals surface area (Å²) in [6.07, 6.45) is 3.71. The number of hydrogen-bond donors (Lipinski definition) is 2. The van der Waals surface area contributed by atoms with Crippen LogP contribution >= 0.6 is 0 Å². The van der Waals surface area contributed by atoms with Crippen LogP contribution in [0.25, 0.3) is 0 Å². The highest BCUT2D eigenvalue weighted by Gasteiger charge is 2.20. The van der Waals surface area contributed by atoms with Gasteiger partial charge in [0.15, 0.2) is 0 Å². The van der Waals surface area contributed by atoms with E-state index in [1.165, 1.54) is 24.8 Å². The molecule has 1 aliphatic rings. The quantitative estimate of drug-likeness (QED) is 0.809. The summed E-state index contributed by atoms with van der Waals surface area (Å²) in [5.74, 6) is -0.773. The third kappa shape index (κ3) is 5.14. The number of benzene rings is 1. The Morgan fingerprint density at radius 1 is 1.24 bits per heavy atom. The molecular weight excluding hydrogens is 264 g/mol. The fourth-order valence-electron chi connectivity index (χ4n) is 3.02. The molecular formula is C17H26N2O2. The third-order valence-corrected chi connectivity index (χ3v) is 4.10. The molecule has 2 N–H and O–H groups in total. The SMILES string of the molecule is CCCN(Cc1ccc(CC(=O)O)cc1)C1CCNCC1. The van der Waals surface area contributed by atoms with E-state index in [1.54, 1.807) is 0 Å². The molecule has 1 heterocycles. The van der Waals surface area contributed by atoms with Crippen LogP contribution in [-0.2, 0) is 17.8 Å². The molecule has 0 spiro atoms. The number of nitrogens with one attached hydrogen (secondary N) is 1. The van der Waals surface area contributed by atoms with Gasteiger partial charge in [0.2, 0.25) is 0 Å². The van der Waals surface area contributed by atoms with Crippen molar-refractivity contribution in [3.63, 3.8) is 0 Å². The van der Waals surface area contributed by atoms with Gasteiger partial charge in [0.05, 0.1) is 6.42 Å². The standard InChI is InChI=1S/C17H26N2O2/c1-2-11-19(16-7-9-18-10-8-16)13-15-5-3-14(4-6-15)12-17(20)21/h3-6,16,18H,2,7-13H2,1H3,(H,20,21). The molecule has 21 heavy (non-hydrogen) atoms. The van der Waals surface area contributed by atoms with Crippen molar-refractivity contribution in [3.8, 4) is 0 Å². The topological polar surface area (TPSA) is 52.6 Å². The molecule has 1 saturated heterocycles. The van der Waals surface area contributed by atoms with Crippen LogP contribution in [0.1, 0.15) is 37.3 Å². The predicted molar refractivity (Wildman–Crippen MR) is 84.4 cm³/mol. The molecule has 1 aromatic rings. The fourth-order valence-corrected chi connectivity index (χ4v) is 3.02. The van der Waals surface area contributed by atoms with Crippen molar-refractivity contribution in [2.75, 3.05) is 19.6 Å². The van der Waals surface area contributed by atoms with E-state index in [-0.39, 0.29) is 6.42 Å². The van der Waals surface area contributed by atoms with Crippen molar-refractivity contribution >= 4 is 5.97 Å². The zero-order valence-corrected chi connectivity index (χ0v) is 12.8. The van der Waals surface area contributed by atoms with Crippen molar-refractivity contribution < 1.29 is 9.90 Å². The van der Waals surface area contributed by atoms with Crippen molar-refractivity contribution in [3.05, 3.63) is 35.4 Å². The minimum Gasteiger partial charge on any atom is -0.481 e. The monoisotopic (exact) mass is 290 g/mol. The van der Waals surface area contributed by atoms with Crippen LogP contribution in [0.5, 0.6) is 0 Å². The van der Waals surface area contributed by atoms with Crippen molar-refractivity contribution in [2.24, 2.45) is 0 Å². The normalized spacial score (nSPS) is 16.3. The van der Waals surface area contributed by atoms with Gasteiger partial charge in [-0.1, -0.05) is 31.2 Å². The summed E-state index contributed by atoms with van der Waals surface area (Å²) >= 11 is 0. The third-order valence-electron chi connectivity index (χ3n) is 4.10. The summed E-state index contributed by atoms with van der Waals surface area (Å²) < 4.78 is 0. The van der Waals surface area contributed by atoms with Gasteiger partial charge in [-0.2, -0.15) is 0 Å². The smallest absolute Gasteiger partial charge is 0.307 e. The van der Waals surface area contributed by atoms with Gasteiger partial charge < -0.3 is 10.4 Å². The molecule has 0 aliphatic carbocycles. The van der Waals surface area contributed by atoms with E-state index in [1.807, 2.05) is 12.1 Å². The van der Waals surface area contributed by atoms with Crippen molar-refractivity contribution in [1.29, 1.82) is 0 Å². The fraction of sp³-hybridized carbons (Fsp3) is 0.588. The summed E-state index contributed by atoms with van der Waals surface area (Å²) in [6.45, 7) is 6.54. The highest BCUT2D eigenvalue weighted by molar-refractivity contribution is 5.70. The number of nitrogens with zero attached hydrogens (tertiary/aromatic N) is 1. The van der Waals surface area contributed by atoms with E-state index in [2.05, 4.69) is 29.3 Å². The van der Waals surface area contributed by atoms with Gasteiger partial charge in [-0.25, -0.2) is 0 Å². The number of carboxylic acids is 1. The first-order chi connectivity index (χ1) is 10.2. The molecule has 4 nitrogen and oxygen atoms in total. The highest BCUT2D eigenvalue weighted by Crippen LogP contribution is 2.16. The highest BCUT2D eigenvalue weighted by atomic mass is 16.4. The number of carbonyl (C=O) groups is 1. The maximum Gasteiger partial charge on any atom is 0.307 e. The molecule has 4 heteroatoms. The van der Waals surface area contributed by atoms with Crippen LogP contribution < -0.4 is 5.32 Å². The second-order valence-corrected chi connectivity index (χ2v) is 5.84. The molecule has 1 aromatic carbocycles. The Morgan fingerprint density at radius 2 is 1.86 bits per heavy atom. The summed E-state index contributed by atoms with van der Waals surface area (Å²) in [4.78, 5) is 13.3. The lowest BCUT2D eigenvalue weighted by Crippen LogP contribution is -2.43. The van der Waals surface area contributed by atoms with E-state index in [0.29, 0.717) is 6.04 Å². The van der Waals surface area contributed by atoms with E-state index >= 15 is 0 Å². The summed E-state index contributed by atoms with van der Waals surface area (Å²) in [6, 6.07) is 8.70. The lowest BCUT2D eigenvalue weighted by molar-refractivity contribution is -0.136. The molecule has 0 bridgehead atoms. The van der Waals surface area contributed by atoms with Crippen LogP contribution in [0.15, 0.2) is 24.3 Å². The van der Waals surface area contributed by atoms with E-state index in [4.69, 9.17) is 5.11 Å². The van der Waals surface area contributed by atoms with Crippen LogP contribution in [0.3, 0.4) is 0 Å². The number of carboxylic acid groups (broad SMARTS) is 1. The van der Waals surface area contributed by atoms with E-state index in [9.17, 15) is 4.79 Å². The zero-order valence-electron chi connectivity index (χ0n) is 12.8. The van der Waals surface area contributed by atoms with Gasteiger partial charge in [-0.05, 0) is 50.0 Å². The average Bonchev–Trinajstić information content (AvgIpc) is 2.49. The van der Waals surface area contributed by atoms with Crippen LogP contribution in [-0.4, -0.2) is 41.7 Å². The first kappa shape index (κ1) is 16.0. The Balaban J connectivity index is 1.97. The minimum atomic E-state index is -0.773. The lowest BCUT2D eigenvalue weighted by atomic mass is 10.0. The minimum absolute atomic E-state index is 0.104. The Hall–Kier alpha value is -1.39. The maximum atomic E-state index is 10.7. The first-order valence-corrected chi connectivity index (χ1v) is 7.93. The van der Waals surface area contributed by atoms with Crippen LogP contribution in [0.2, 0.25) is 0 Å². The number of hydrogen-bond acceptors (Lipinski definition) is 3. The molecule has 2 rings (SSSR count). The molecule has 116 valence electrons. The molecule has 0 amide bonds. The second kappa shape index (κ2) is 8.15.